The van der Waals surface area contributed by atoms with E-state index in [4.69, 9.17) is 14.2 Å². The molecule has 2 aromatic rings. The Balaban J connectivity index is 1.81. The number of carbonyl (C=O) groups is 1. The van der Waals surface area contributed by atoms with E-state index in [-0.39, 0.29) is 12.1 Å². The predicted molar refractivity (Wildman–Crippen MR) is 106 cm³/mol. The average molecular weight is 372 g/mol. The lowest BCUT2D eigenvalue weighted by molar-refractivity contribution is 0.238. The molecule has 2 rings (SSSR count). The monoisotopic (exact) mass is 372 g/mol. The van der Waals surface area contributed by atoms with Crippen LogP contribution in [0.4, 0.5) is 4.79 Å². The van der Waals surface area contributed by atoms with Gasteiger partial charge < -0.3 is 24.8 Å². The number of nitrogens with one attached hydrogen (secondary N) is 2. The molecule has 0 bridgehead atoms. The van der Waals surface area contributed by atoms with Gasteiger partial charge in [-0.05, 0) is 55.7 Å². The Morgan fingerprint density at radius 1 is 1.04 bits per heavy atom. The van der Waals surface area contributed by atoms with Crippen molar-refractivity contribution in [2.24, 2.45) is 0 Å². The molecule has 0 radical (unpaired) electrons. The van der Waals surface area contributed by atoms with Gasteiger partial charge in [-0.15, -0.1) is 0 Å². The summed E-state index contributed by atoms with van der Waals surface area (Å²) in [5.74, 6) is 2.22. The number of amides is 2. The summed E-state index contributed by atoms with van der Waals surface area (Å²) >= 11 is 0. The second kappa shape index (κ2) is 10.3. The van der Waals surface area contributed by atoms with Crippen LogP contribution in [0.15, 0.2) is 42.5 Å². The van der Waals surface area contributed by atoms with Gasteiger partial charge in [0.1, 0.15) is 5.75 Å². The zero-order valence-corrected chi connectivity index (χ0v) is 16.4. The molecule has 6 nitrogen and oxygen atoms in total. The second-order valence-corrected chi connectivity index (χ2v) is 6.06. The first-order valence-corrected chi connectivity index (χ1v) is 9.05. The third-order valence-corrected chi connectivity index (χ3v) is 4.19. The maximum absolute atomic E-state index is 12.1. The molecule has 0 aliphatic carbocycles. The van der Waals surface area contributed by atoms with Gasteiger partial charge in [-0.3, -0.25) is 0 Å². The van der Waals surface area contributed by atoms with Crippen LogP contribution in [-0.4, -0.2) is 33.4 Å². The van der Waals surface area contributed by atoms with Gasteiger partial charge in [-0.25, -0.2) is 4.79 Å². The maximum Gasteiger partial charge on any atom is 0.315 e. The largest absolute Gasteiger partial charge is 0.497 e. The predicted octanol–water partition coefficient (Wildman–Crippen LogP) is 3.71. The third kappa shape index (κ3) is 6.09. The Morgan fingerprint density at radius 2 is 1.78 bits per heavy atom. The molecule has 0 heterocycles. The van der Waals surface area contributed by atoms with Gasteiger partial charge in [0.05, 0.1) is 26.9 Å². The van der Waals surface area contributed by atoms with Crippen molar-refractivity contribution in [2.75, 3.05) is 27.4 Å². The van der Waals surface area contributed by atoms with Crippen LogP contribution in [0.25, 0.3) is 0 Å². The van der Waals surface area contributed by atoms with Gasteiger partial charge in [0.25, 0.3) is 0 Å². The number of urea groups is 1. The molecule has 1 atom stereocenters. The van der Waals surface area contributed by atoms with Gasteiger partial charge in [0.2, 0.25) is 0 Å². The van der Waals surface area contributed by atoms with Crippen molar-refractivity contribution in [3.63, 3.8) is 0 Å². The summed E-state index contributed by atoms with van der Waals surface area (Å²) in [5, 5.41) is 5.82. The summed E-state index contributed by atoms with van der Waals surface area (Å²) < 4.78 is 16.0. The fourth-order valence-corrected chi connectivity index (χ4v) is 2.69. The van der Waals surface area contributed by atoms with Crippen molar-refractivity contribution in [1.29, 1.82) is 0 Å². The normalized spacial score (nSPS) is 11.4. The Kier molecular flexibility index (Phi) is 7.79. The average Bonchev–Trinajstić information content (AvgIpc) is 2.69. The molecule has 1 unspecified atom stereocenters. The minimum Gasteiger partial charge on any atom is -0.497 e. The summed E-state index contributed by atoms with van der Waals surface area (Å²) in [5.41, 5.74) is 2.08. The fraction of sp³-hybridized carbons (Fsp3) is 0.381. The van der Waals surface area contributed by atoms with Crippen LogP contribution in [0.3, 0.4) is 0 Å². The molecule has 0 aromatic heterocycles. The topological polar surface area (TPSA) is 68.8 Å². The molecule has 146 valence electrons. The lowest BCUT2D eigenvalue weighted by Gasteiger charge is -2.16. The van der Waals surface area contributed by atoms with Crippen molar-refractivity contribution in [1.82, 2.24) is 10.6 Å². The SMILES string of the molecule is CCOc1ccc(CCNC(=O)NC(C)c2ccc(OC)cc2)cc1OC. The van der Waals surface area contributed by atoms with E-state index in [0.29, 0.717) is 25.3 Å². The number of hydrogen-bond acceptors (Lipinski definition) is 4. The quantitative estimate of drug-likeness (QED) is 0.704. The van der Waals surface area contributed by atoms with Gasteiger partial charge in [0, 0.05) is 6.54 Å². The maximum atomic E-state index is 12.1. The van der Waals surface area contributed by atoms with Gasteiger partial charge in [-0.2, -0.15) is 0 Å². The summed E-state index contributed by atoms with van der Waals surface area (Å²) in [6.07, 6.45) is 0.701. The Hall–Kier alpha value is -2.89. The second-order valence-electron chi connectivity index (χ2n) is 6.06. The zero-order chi connectivity index (χ0) is 19.6. The molecule has 27 heavy (non-hydrogen) atoms. The Bertz CT molecular complexity index is 731. The summed E-state index contributed by atoms with van der Waals surface area (Å²) in [4.78, 5) is 12.1. The molecule has 2 aromatic carbocycles. The molecule has 0 aliphatic rings. The smallest absolute Gasteiger partial charge is 0.315 e. The standard InChI is InChI=1S/C21H28N2O4/c1-5-27-19-11-6-16(14-20(19)26-4)12-13-22-21(24)23-15(2)17-7-9-18(25-3)10-8-17/h6-11,14-15H,5,12-13H2,1-4H3,(H2,22,23,24). The van der Waals surface area contributed by atoms with Crippen molar-refractivity contribution < 1.29 is 19.0 Å². The number of methoxy groups -OCH3 is 2. The summed E-state index contributed by atoms with van der Waals surface area (Å²) in [7, 11) is 3.25. The first-order valence-electron chi connectivity index (χ1n) is 9.05. The molecular weight excluding hydrogens is 344 g/mol. The van der Waals surface area contributed by atoms with Crippen molar-refractivity contribution in [2.45, 2.75) is 26.3 Å². The van der Waals surface area contributed by atoms with E-state index in [1.165, 1.54) is 0 Å². The van der Waals surface area contributed by atoms with Crippen molar-refractivity contribution in [3.8, 4) is 17.2 Å². The van der Waals surface area contributed by atoms with Crippen LogP contribution >= 0.6 is 0 Å². The van der Waals surface area contributed by atoms with Crippen molar-refractivity contribution >= 4 is 6.03 Å². The summed E-state index contributed by atoms with van der Waals surface area (Å²) in [6, 6.07) is 13.2. The van der Waals surface area contributed by atoms with Crippen LogP contribution in [0.2, 0.25) is 0 Å². The highest BCUT2D eigenvalue weighted by Crippen LogP contribution is 2.28. The molecule has 6 heteroatoms. The number of benzene rings is 2. The molecule has 2 N–H and O–H groups in total. The third-order valence-electron chi connectivity index (χ3n) is 4.19. The molecule has 0 saturated carbocycles. The Morgan fingerprint density at radius 3 is 2.41 bits per heavy atom. The van der Waals surface area contributed by atoms with Gasteiger partial charge in [0.15, 0.2) is 11.5 Å². The molecular formula is C21H28N2O4. The van der Waals surface area contributed by atoms with E-state index >= 15 is 0 Å². The number of ether oxygens (including phenoxy) is 3. The minimum atomic E-state index is -0.198. The molecule has 0 spiro atoms. The van der Waals surface area contributed by atoms with E-state index in [2.05, 4.69) is 10.6 Å². The first-order chi connectivity index (χ1) is 13.1. The van der Waals surface area contributed by atoms with Crippen LogP contribution in [0, 0.1) is 0 Å². The highest BCUT2D eigenvalue weighted by atomic mass is 16.5. The molecule has 0 fully saturated rings. The van der Waals surface area contributed by atoms with E-state index < -0.39 is 0 Å². The fourth-order valence-electron chi connectivity index (χ4n) is 2.69. The van der Waals surface area contributed by atoms with Crippen LogP contribution < -0.4 is 24.8 Å². The Labute approximate surface area is 160 Å². The zero-order valence-electron chi connectivity index (χ0n) is 16.4. The molecule has 0 saturated heterocycles. The van der Waals surface area contributed by atoms with Crippen LogP contribution in [0.1, 0.15) is 31.0 Å². The lowest BCUT2D eigenvalue weighted by Crippen LogP contribution is -2.38. The van der Waals surface area contributed by atoms with E-state index in [9.17, 15) is 4.79 Å². The van der Waals surface area contributed by atoms with E-state index in [1.54, 1.807) is 14.2 Å². The molecule has 2 amide bonds. The van der Waals surface area contributed by atoms with Crippen LogP contribution in [-0.2, 0) is 6.42 Å². The molecule has 0 aliphatic heterocycles. The van der Waals surface area contributed by atoms with E-state index in [0.717, 1.165) is 22.6 Å². The van der Waals surface area contributed by atoms with Crippen LogP contribution in [0.5, 0.6) is 17.2 Å². The number of hydrogen-bond donors (Lipinski definition) is 2. The highest BCUT2D eigenvalue weighted by molar-refractivity contribution is 5.74. The number of carbonyl (C=O) groups excluding carboxylic acids is 1. The first kappa shape index (κ1) is 20.4. The van der Waals surface area contributed by atoms with Crippen molar-refractivity contribution in [3.05, 3.63) is 53.6 Å². The van der Waals surface area contributed by atoms with Gasteiger partial charge >= 0.3 is 6.03 Å². The minimum absolute atomic E-state index is 0.0959. The number of rotatable bonds is 9. The highest BCUT2D eigenvalue weighted by Gasteiger charge is 2.10. The van der Waals surface area contributed by atoms with E-state index in [1.807, 2.05) is 56.3 Å². The van der Waals surface area contributed by atoms with Gasteiger partial charge in [-0.1, -0.05) is 18.2 Å². The lowest BCUT2D eigenvalue weighted by atomic mass is 10.1. The summed E-state index contributed by atoms with van der Waals surface area (Å²) in [6.45, 7) is 4.99.